The van der Waals surface area contributed by atoms with Crippen LogP contribution >= 0.6 is 0 Å². The summed E-state index contributed by atoms with van der Waals surface area (Å²) in [7, 11) is 0. The summed E-state index contributed by atoms with van der Waals surface area (Å²) in [4.78, 5) is 11.8. The van der Waals surface area contributed by atoms with E-state index in [0.29, 0.717) is 6.04 Å². The third-order valence-corrected chi connectivity index (χ3v) is 3.00. The van der Waals surface area contributed by atoms with Crippen LogP contribution in [0.5, 0.6) is 0 Å². The molecule has 2 unspecified atom stereocenters. The number of carbonyl (C=O) groups is 1. The summed E-state index contributed by atoms with van der Waals surface area (Å²) >= 11 is 0. The van der Waals surface area contributed by atoms with Crippen molar-refractivity contribution in [3.8, 4) is 0 Å². The summed E-state index contributed by atoms with van der Waals surface area (Å²) in [6.45, 7) is 1.80. The van der Waals surface area contributed by atoms with E-state index in [9.17, 15) is 4.79 Å². The molecule has 2 aliphatic heterocycles. The van der Waals surface area contributed by atoms with Gasteiger partial charge in [-0.05, 0) is 31.7 Å². The number of dihydropyridines is 1. The van der Waals surface area contributed by atoms with Gasteiger partial charge in [-0.15, -0.1) is 0 Å². The van der Waals surface area contributed by atoms with Crippen molar-refractivity contribution in [1.82, 2.24) is 16.0 Å². The van der Waals surface area contributed by atoms with Crippen molar-refractivity contribution in [2.24, 2.45) is 0 Å². The van der Waals surface area contributed by atoms with Crippen molar-refractivity contribution in [3.05, 3.63) is 24.4 Å². The fourth-order valence-electron chi connectivity index (χ4n) is 2.04. The molecule has 88 valence electrons. The highest BCUT2D eigenvalue weighted by atomic mass is 16.2. The SMILES string of the molecule is O=C(NCC1CCCCN1)C1C=CC=CN1. The average molecular weight is 221 g/mol. The van der Waals surface area contributed by atoms with E-state index < -0.39 is 0 Å². The van der Waals surface area contributed by atoms with Crippen LogP contribution < -0.4 is 16.0 Å². The van der Waals surface area contributed by atoms with Gasteiger partial charge in [0.15, 0.2) is 0 Å². The topological polar surface area (TPSA) is 53.2 Å². The maximum absolute atomic E-state index is 11.8. The van der Waals surface area contributed by atoms with Crippen molar-refractivity contribution < 1.29 is 4.79 Å². The molecule has 0 spiro atoms. The lowest BCUT2D eigenvalue weighted by Gasteiger charge is -2.24. The largest absolute Gasteiger partial charge is 0.377 e. The molecule has 3 N–H and O–H groups in total. The van der Waals surface area contributed by atoms with Crippen molar-refractivity contribution in [1.29, 1.82) is 0 Å². The number of carbonyl (C=O) groups excluding carboxylic acids is 1. The zero-order chi connectivity index (χ0) is 11.2. The Labute approximate surface area is 96.2 Å². The predicted octanol–water partition coefficient (Wildman–Crippen LogP) is 0.286. The molecule has 1 amide bonds. The van der Waals surface area contributed by atoms with Crippen LogP contribution in [0.1, 0.15) is 19.3 Å². The first-order valence-electron chi connectivity index (χ1n) is 5.97. The first kappa shape index (κ1) is 11.2. The van der Waals surface area contributed by atoms with Crippen LogP contribution in [-0.2, 0) is 4.79 Å². The Hall–Kier alpha value is -1.29. The van der Waals surface area contributed by atoms with E-state index in [0.717, 1.165) is 19.5 Å². The number of hydrogen-bond acceptors (Lipinski definition) is 3. The molecule has 2 rings (SSSR count). The van der Waals surface area contributed by atoms with Crippen LogP contribution in [0.3, 0.4) is 0 Å². The molecule has 1 saturated heterocycles. The Morgan fingerprint density at radius 1 is 1.38 bits per heavy atom. The number of nitrogens with one attached hydrogen (secondary N) is 3. The van der Waals surface area contributed by atoms with Crippen LogP contribution in [0.15, 0.2) is 24.4 Å². The second-order valence-electron chi connectivity index (χ2n) is 4.28. The number of piperidine rings is 1. The van der Waals surface area contributed by atoms with E-state index in [1.165, 1.54) is 12.8 Å². The predicted molar refractivity (Wildman–Crippen MR) is 63.9 cm³/mol. The maximum atomic E-state index is 11.8. The van der Waals surface area contributed by atoms with Gasteiger partial charge in [-0.25, -0.2) is 0 Å². The fraction of sp³-hybridized carbons (Fsp3) is 0.583. The second-order valence-corrected chi connectivity index (χ2v) is 4.28. The lowest BCUT2D eigenvalue weighted by molar-refractivity contribution is -0.122. The molecule has 4 nitrogen and oxygen atoms in total. The number of rotatable bonds is 3. The number of hydrogen-bond donors (Lipinski definition) is 3. The van der Waals surface area contributed by atoms with Gasteiger partial charge in [0, 0.05) is 12.6 Å². The van der Waals surface area contributed by atoms with E-state index in [2.05, 4.69) is 16.0 Å². The van der Waals surface area contributed by atoms with Gasteiger partial charge in [0.05, 0.1) is 0 Å². The Morgan fingerprint density at radius 3 is 3.00 bits per heavy atom. The van der Waals surface area contributed by atoms with Gasteiger partial charge in [-0.3, -0.25) is 4.79 Å². The first-order chi connectivity index (χ1) is 7.86. The quantitative estimate of drug-likeness (QED) is 0.642. The Bertz CT molecular complexity index is 293. The summed E-state index contributed by atoms with van der Waals surface area (Å²) in [5.41, 5.74) is 0. The molecule has 16 heavy (non-hydrogen) atoms. The highest BCUT2D eigenvalue weighted by Gasteiger charge is 2.17. The Morgan fingerprint density at radius 2 is 2.31 bits per heavy atom. The molecular weight excluding hydrogens is 202 g/mol. The molecule has 0 aromatic carbocycles. The van der Waals surface area contributed by atoms with Crippen LogP contribution in [0, 0.1) is 0 Å². The minimum Gasteiger partial charge on any atom is -0.377 e. The minimum atomic E-state index is -0.214. The van der Waals surface area contributed by atoms with Gasteiger partial charge in [-0.2, -0.15) is 0 Å². The van der Waals surface area contributed by atoms with E-state index in [4.69, 9.17) is 0 Å². The lowest BCUT2D eigenvalue weighted by Crippen LogP contribution is -2.48. The monoisotopic (exact) mass is 221 g/mol. The lowest BCUT2D eigenvalue weighted by atomic mass is 10.0. The van der Waals surface area contributed by atoms with Gasteiger partial charge in [0.2, 0.25) is 5.91 Å². The smallest absolute Gasteiger partial charge is 0.246 e. The van der Waals surface area contributed by atoms with E-state index in [-0.39, 0.29) is 11.9 Å². The summed E-state index contributed by atoms with van der Waals surface area (Å²) < 4.78 is 0. The Kier molecular flexibility index (Phi) is 3.99. The number of allylic oxidation sites excluding steroid dienone is 2. The summed E-state index contributed by atoms with van der Waals surface area (Å²) in [6.07, 6.45) is 11.1. The standard InChI is InChI=1S/C12H19N3O/c16-12(11-6-2-4-8-14-11)15-9-10-5-1-3-7-13-10/h2,4,6,8,10-11,13-14H,1,3,5,7,9H2,(H,15,16). The zero-order valence-electron chi connectivity index (χ0n) is 9.41. The second kappa shape index (κ2) is 5.70. The molecular formula is C12H19N3O. The Balaban J connectivity index is 1.70. The van der Waals surface area contributed by atoms with Crippen molar-refractivity contribution in [2.75, 3.05) is 13.1 Å². The summed E-state index contributed by atoms with van der Waals surface area (Å²) in [6, 6.07) is 0.231. The highest BCUT2D eigenvalue weighted by Crippen LogP contribution is 2.05. The molecule has 2 aliphatic rings. The summed E-state index contributed by atoms with van der Waals surface area (Å²) in [5.74, 6) is 0.0490. The molecule has 2 heterocycles. The highest BCUT2D eigenvalue weighted by molar-refractivity contribution is 5.84. The molecule has 0 aromatic rings. The van der Waals surface area contributed by atoms with Gasteiger partial charge >= 0.3 is 0 Å². The summed E-state index contributed by atoms with van der Waals surface area (Å²) in [5, 5.41) is 9.39. The van der Waals surface area contributed by atoms with Crippen molar-refractivity contribution >= 4 is 5.91 Å². The van der Waals surface area contributed by atoms with Crippen molar-refractivity contribution in [3.63, 3.8) is 0 Å². The molecule has 2 atom stereocenters. The van der Waals surface area contributed by atoms with Crippen LogP contribution in [0.25, 0.3) is 0 Å². The maximum Gasteiger partial charge on any atom is 0.246 e. The van der Waals surface area contributed by atoms with E-state index in [1.54, 1.807) is 6.20 Å². The fourth-order valence-corrected chi connectivity index (χ4v) is 2.04. The van der Waals surface area contributed by atoms with E-state index in [1.807, 2.05) is 18.2 Å². The molecule has 0 aromatic heterocycles. The third kappa shape index (κ3) is 3.10. The zero-order valence-corrected chi connectivity index (χ0v) is 9.41. The third-order valence-electron chi connectivity index (χ3n) is 3.00. The molecule has 1 fully saturated rings. The van der Waals surface area contributed by atoms with Crippen LogP contribution in [-0.4, -0.2) is 31.1 Å². The molecule has 4 heteroatoms. The van der Waals surface area contributed by atoms with Crippen molar-refractivity contribution in [2.45, 2.75) is 31.3 Å². The van der Waals surface area contributed by atoms with Gasteiger partial charge in [-0.1, -0.05) is 18.6 Å². The molecule has 0 saturated carbocycles. The van der Waals surface area contributed by atoms with Crippen LogP contribution in [0.4, 0.5) is 0 Å². The first-order valence-corrected chi connectivity index (χ1v) is 5.97. The minimum absolute atomic E-state index is 0.0490. The van der Waals surface area contributed by atoms with Gasteiger partial charge in [0.1, 0.15) is 6.04 Å². The van der Waals surface area contributed by atoms with Crippen LogP contribution in [0.2, 0.25) is 0 Å². The van der Waals surface area contributed by atoms with E-state index >= 15 is 0 Å². The molecule has 0 bridgehead atoms. The molecule has 0 radical (unpaired) electrons. The number of amides is 1. The average Bonchev–Trinajstić information content (AvgIpc) is 2.38. The van der Waals surface area contributed by atoms with Gasteiger partial charge in [0.25, 0.3) is 0 Å². The normalized spacial score (nSPS) is 28.5. The van der Waals surface area contributed by atoms with Gasteiger partial charge < -0.3 is 16.0 Å². The molecule has 0 aliphatic carbocycles.